The van der Waals surface area contributed by atoms with Crippen molar-refractivity contribution < 1.29 is 4.79 Å². The van der Waals surface area contributed by atoms with Gasteiger partial charge in [-0.05, 0) is 36.0 Å². The topological polar surface area (TPSA) is 66.0 Å². The quantitative estimate of drug-likeness (QED) is 0.757. The number of amides is 1. The average Bonchev–Trinajstić information content (AvgIpc) is 2.55. The van der Waals surface area contributed by atoms with E-state index in [1.807, 2.05) is 42.5 Å². The minimum absolute atomic E-state index is 0.155. The molecule has 3 N–H and O–H groups in total. The average molecular weight is 324 g/mol. The highest BCUT2D eigenvalue weighted by Crippen LogP contribution is 2.30. The van der Waals surface area contributed by atoms with Crippen LogP contribution in [0, 0.1) is 5.92 Å². The van der Waals surface area contributed by atoms with Crippen LogP contribution in [0.1, 0.15) is 11.6 Å². The first-order valence-electron chi connectivity index (χ1n) is 7.17. The van der Waals surface area contributed by atoms with Crippen LogP contribution >= 0.6 is 12.2 Å². The van der Waals surface area contributed by atoms with E-state index in [2.05, 4.69) is 27.5 Å². The number of thiocarbonyl (C=S) groups is 1. The molecule has 0 radical (unpaired) electrons. The van der Waals surface area contributed by atoms with Gasteiger partial charge in [0.15, 0.2) is 5.11 Å². The Morgan fingerprint density at radius 2 is 2.00 bits per heavy atom. The lowest BCUT2D eigenvalue weighted by molar-refractivity contribution is -0.119. The van der Waals surface area contributed by atoms with Gasteiger partial charge in [0.2, 0.25) is 5.91 Å². The number of hydrogen-bond donors (Lipinski definition) is 3. The lowest BCUT2D eigenvalue weighted by Gasteiger charge is -2.35. The Hall–Kier alpha value is -2.73. The fourth-order valence-corrected chi connectivity index (χ4v) is 2.83. The Morgan fingerprint density at radius 1 is 1.22 bits per heavy atom. The number of para-hydroxylation sites is 1. The van der Waals surface area contributed by atoms with Gasteiger partial charge in [0.05, 0.1) is 6.04 Å². The van der Waals surface area contributed by atoms with Gasteiger partial charge in [0, 0.05) is 23.8 Å². The van der Waals surface area contributed by atoms with Crippen LogP contribution in [0.2, 0.25) is 0 Å². The molecule has 1 amide bonds. The molecule has 116 valence electrons. The Morgan fingerprint density at radius 3 is 2.70 bits per heavy atom. The van der Waals surface area contributed by atoms with Crippen molar-refractivity contribution in [2.24, 2.45) is 5.92 Å². The largest absolute Gasteiger partial charge is 0.354 e. The molecule has 1 fully saturated rings. The van der Waals surface area contributed by atoms with Crippen LogP contribution in [0.4, 0.5) is 5.69 Å². The molecule has 0 aliphatic carbocycles. The standard InChI is InChI=1S/C17H16N4OS/c1-11-14(16(22)20-13-7-3-2-4-8-13)15(21-17(23)19-11)12-6-5-9-18-10-12/h2-10,14-15H,1H2,(H,20,22)(H2,19,21,23). The van der Waals surface area contributed by atoms with E-state index in [9.17, 15) is 4.79 Å². The van der Waals surface area contributed by atoms with Gasteiger partial charge < -0.3 is 16.0 Å². The molecule has 0 spiro atoms. The zero-order valence-corrected chi connectivity index (χ0v) is 13.1. The molecule has 1 aliphatic rings. The van der Waals surface area contributed by atoms with Gasteiger partial charge in [-0.15, -0.1) is 0 Å². The summed E-state index contributed by atoms with van der Waals surface area (Å²) >= 11 is 5.19. The molecule has 1 aliphatic heterocycles. The Balaban J connectivity index is 1.88. The molecule has 6 heteroatoms. The maximum Gasteiger partial charge on any atom is 0.235 e. The van der Waals surface area contributed by atoms with Gasteiger partial charge in [-0.3, -0.25) is 9.78 Å². The minimum Gasteiger partial charge on any atom is -0.354 e. The molecule has 23 heavy (non-hydrogen) atoms. The molecule has 2 atom stereocenters. The number of benzene rings is 1. The zero-order chi connectivity index (χ0) is 16.2. The number of aromatic nitrogens is 1. The van der Waals surface area contributed by atoms with Crippen molar-refractivity contribution in [1.82, 2.24) is 15.6 Å². The number of carbonyl (C=O) groups excluding carboxylic acids is 1. The first kappa shape index (κ1) is 15.2. The maximum atomic E-state index is 12.8. The van der Waals surface area contributed by atoms with Crippen molar-refractivity contribution in [3.05, 3.63) is 72.7 Å². The fourth-order valence-electron chi connectivity index (χ4n) is 2.57. The number of nitrogens with zero attached hydrogens (tertiary/aromatic N) is 1. The number of rotatable bonds is 3. The summed E-state index contributed by atoms with van der Waals surface area (Å²) in [7, 11) is 0. The summed E-state index contributed by atoms with van der Waals surface area (Å²) in [5.74, 6) is -0.663. The predicted octanol–water partition coefficient (Wildman–Crippen LogP) is 2.37. The molecular weight excluding hydrogens is 308 g/mol. The van der Waals surface area contributed by atoms with Crippen molar-refractivity contribution in [3.8, 4) is 0 Å². The molecular formula is C17H16N4OS. The summed E-state index contributed by atoms with van der Waals surface area (Å²) in [6.45, 7) is 3.96. The molecule has 2 heterocycles. The number of pyridine rings is 1. The van der Waals surface area contributed by atoms with Crippen LogP contribution in [0.25, 0.3) is 0 Å². The number of nitrogens with one attached hydrogen (secondary N) is 3. The smallest absolute Gasteiger partial charge is 0.235 e. The molecule has 2 aromatic rings. The highest BCUT2D eigenvalue weighted by atomic mass is 32.1. The minimum atomic E-state index is -0.508. The van der Waals surface area contributed by atoms with Crippen molar-refractivity contribution >= 4 is 28.9 Å². The highest BCUT2D eigenvalue weighted by Gasteiger charge is 2.36. The lowest BCUT2D eigenvalue weighted by Crippen LogP contribution is -2.51. The molecule has 1 aromatic heterocycles. The van der Waals surface area contributed by atoms with Crippen molar-refractivity contribution in [3.63, 3.8) is 0 Å². The molecule has 0 saturated carbocycles. The second-order valence-electron chi connectivity index (χ2n) is 5.22. The normalized spacial score (nSPS) is 20.3. The maximum absolute atomic E-state index is 12.8. The third-order valence-corrected chi connectivity index (χ3v) is 3.86. The van der Waals surface area contributed by atoms with Crippen molar-refractivity contribution in [2.45, 2.75) is 6.04 Å². The van der Waals surface area contributed by atoms with Crippen LogP contribution in [0.15, 0.2) is 67.1 Å². The van der Waals surface area contributed by atoms with E-state index in [-0.39, 0.29) is 11.9 Å². The Bertz CT molecular complexity index is 733. The van der Waals surface area contributed by atoms with Gasteiger partial charge >= 0.3 is 0 Å². The van der Waals surface area contributed by atoms with Crippen LogP contribution < -0.4 is 16.0 Å². The summed E-state index contributed by atoms with van der Waals surface area (Å²) in [5.41, 5.74) is 2.19. The Labute approximate surface area is 139 Å². The fraction of sp³-hybridized carbons (Fsp3) is 0.118. The first-order chi connectivity index (χ1) is 11.1. The number of carbonyl (C=O) groups is 1. The van der Waals surface area contributed by atoms with Crippen LogP contribution in [-0.4, -0.2) is 16.0 Å². The summed E-state index contributed by atoms with van der Waals surface area (Å²) < 4.78 is 0. The monoisotopic (exact) mass is 324 g/mol. The van der Waals surface area contributed by atoms with Gasteiger partial charge in [-0.1, -0.05) is 30.8 Å². The van der Waals surface area contributed by atoms with Crippen LogP contribution in [0.5, 0.6) is 0 Å². The van der Waals surface area contributed by atoms with E-state index >= 15 is 0 Å². The third kappa shape index (κ3) is 3.37. The van der Waals surface area contributed by atoms with Crippen LogP contribution in [-0.2, 0) is 4.79 Å². The summed E-state index contributed by atoms with van der Waals surface area (Å²) in [6.07, 6.45) is 3.42. The van der Waals surface area contributed by atoms with Gasteiger partial charge in [0.1, 0.15) is 5.92 Å². The van der Waals surface area contributed by atoms with Crippen LogP contribution in [0.3, 0.4) is 0 Å². The molecule has 0 bridgehead atoms. The van der Waals surface area contributed by atoms with Gasteiger partial charge in [0.25, 0.3) is 0 Å². The van der Waals surface area contributed by atoms with Crippen molar-refractivity contribution in [2.75, 3.05) is 5.32 Å². The summed E-state index contributed by atoms with van der Waals surface area (Å²) in [4.78, 5) is 16.9. The second-order valence-corrected chi connectivity index (χ2v) is 5.63. The SMILES string of the molecule is C=C1NC(=S)NC(c2cccnc2)C1C(=O)Nc1ccccc1. The second kappa shape index (κ2) is 6.58. The van der Waals surface area contributed by atoms with E-state index < -0.39 is 5.92 Å². The zero-order valence-electron chi connectivity index (χ0n) is 12.3. The van der Waals surface area contributed by atoms with E-state index in [0.29, 0.717) is 10.8 Å². The predicted molar refractivity (Wildman–Crippen MR) is 93.5 cm³/mol. The number of hydrogen-bond acceptors (Lipinski definition) is 3. The molecule has 3 rings (SSSR count). The van der Waals surface area contributed by atoms with Gasteiger partial charge in [-0.2, -0.15) is 0 Å². The Kier molecular flexibility index (Phi) is 4.34. The highest BCUT2D eigenvalue weighted by molar-refractivity contribution is 7.80. The summed E-state index contributed by atoms with van der Waals surface area (Å²) in [5, 5.41) is 9.44. The van der Waals surface area contributed by atoms with E-state index in [1.165, 1.54) is 0 Å². The van der Waals surface area contributed by atoms with E-state index in [1.54, 1.807) is 12.4 Å². The first-order valence-corrected chi connectivity index (χ1v) is 7.58. The molecule has 5 nitrogen and oxygen atoms in total. The van der Waals surface area contributed by atoms with Gasteiger partial charge in [-0.25, -0.2) is 0 Å². The van der Waals surface area contributed by atoms with E-state index in [0.717, 1.165) is 11.3 Å². The molecule has 2 unspecified atom stereocenters. The lowest BCUT2D eigenvalue weighted by atomic mass is 9.89. The molecule has 1 aromatic carbocycles. The third-order valence-electron chi connectivity index (χ3n) is 3.64. The number of anilines is 1. The van der Waals surface area contributed by atoms with E-state index in [4.69, 9.17) is 12.2 Å². The van der Waals surface area contributed by atoms with Crippen molar-refractivity contribution in [1.29, 1.82) is 0 Å². The summed E-state index contributed by atoms with van der Waals surface area (Å²) in [6, 6.07) is 12.8. The molecule has 1 saturated heterocycles.